The van der Waals surface area contributed by atoms with Crippen molar-refractivity contribution < 1.29 is 8.42 Å². The molecule has 0 heterocycles. The highest BCUT2D eigenvalue weighted by Gasteiger charge is 2.40. The predicted molar refractivity (Wildman–Crippen MR) is 43.1 cm³/mol. The molecule has 5 heteroatoms. The van der Waals surface area contributed by atoms with Crippen LogP contribution in [-0.4, -0.2) is 15.0 Å². The summed E-state index contributed by atoms with van der Waals surface area (Å²) in [5.41, 5.74) is 0.229. The van der Waals surface area contributed by atoms with Gasteiger partial charge in [0.25, 0.3) is 10.2 Å². The molecule has 0 unspecified atom stereocenters. The summed E-state index contributed by atoms with van der Waals surface area (Å²) in [6.07, 6.45) is 3.26. The summed E-state index contributed by atoms with van der Waals surface area (Å²) in [5.74, 6) is 0. The summed E-state index contributed by atoms with van der Waals surface area (Å²) in [7, 11) is -3.48. The SMILES string of the molecule is CCC1(CNS(N)(=O)=O)CC1. The molecular weight excluding hydrogens is 164 g/mol. The minimum Gasteiger partial charge on any atom is -0.216 e. The van der Waals surface area contributed by atoms with Crippen molar-refractivity contribution in [2.24, 2.45) is 10.6 Å². The molecular formula is C6H14N2O2S. The third-order valence-electron chi connectivity index (χ3n) is 2.36. The van der Waals surface area contributed by atoms with E-state index in [1.807, 2.05) is 0 Å². The lowest BCUT2D eigenvalue weighted by Crippen LogP contribution is -2.35. The Labute approximate surface area is 67.3 Å². The van der Waals surface area contributed by atoms with Crippen LogP contribution in [0.1, 0.15) is 26.2 Å². The Balaban J connectivity index is 2.33. The average Bonchev–Trinajstić information content (AvgIpc) is 2.63. The molecule has 1 rings (SSSR count). The van der Waals surface area contributed by atoms with Crippen LogP contribution in [0.2, 0.25) is 0 Å². The van der Waals surface area contributed by atoms with Gasteiger partial charge in [0.05, 0.1) is 0 Å². The molecule has 0 aromatic heterocycles. The molecule has 1 aliphatic rings. The van der Waals surface area contributed by atoms with Gasteiger partial charge in [-0.1, -0.05) is 6.92 Å². The molecule has 0 saturated heterocycles. The normalized spacial score (nSPS) is 21.6. The number of hydrogen-bond donors (Lipinski definition) is 2. The second kappa shape index (κ2) is 2.73. The second-order valence-electron chi connectivity index (χ2n) is 3.22. The lowest BCUT2D eigenvalue weighted by atomic mass is 10.1. The molecule has 0 aromatic carbocycles. The molecule has 0 spiro atoms. The van der Waals surface area contributed by atoms with Crippen molar-refractivity contribution in [2.75, 3.05) is 6.54 Å². The highest BCUT2D eigenvalue weighted by Crippen LogP contribution is 2.47. The van der Waals surface area contributed by atoms with Crippen molar-refractivity contribution >= 4 is 10.2 Å². The molecule has 1 saturated carbocycles. The maximum Gasteiger partial charge on any atom is 0.274 e. The molecule has 0 amide bonds. The van der Waals surface area contributed by atoms with Gasteiger partial charge in [-0.15, -0.1) is 0 Å². The van der Waals surface area contributed by atoms with E-state index in [1.54, 1.807) is 0 Å². The molecule has 3 N–H and O–H groups in total. The van der Waals surface area contributed by atoms with E-state index in [-0.39, 0.29) is 5.41 Å². The zero-order valence-corrected chi connectivity index (χ0v) is 7.45. The van der Waals surface area contributed by atoms with Gasteiger partial charge in [-0.3, -0.25) is 0 Å². The first-order chi connectivity index (χ1) is 4.97. The first-order valence-corrected chi connectivity index (χ1v) is 5.29. The Morgan fingerprint density at radius 2 is 2.09 bits per heavy atom. The molecule has 66 valence electrons. The molecule has 0 aromatic rings. The van der Waals surface area contributed by atoms with Crippen molar-refractivity contribution in [2.45, 2.75) is 26.2 Å². The van der Waals surface area contributed by atoms with Gasteiger partial charge in [-0.25, -0.2) is 9.86 Å². The van der Waals surface area contributed by atoms with Crippen LogP contribution in [0.4, 0.5) is 0 Å². The maximum absolute atomic E-state index is 10.5. The summed E-state index contributed by atoms with van der Waals surface area (Å²) < 4.78 is 23.3. The van der Waals surface area contributed by atoms with Gasteiger partial charge >= 0.3 is 0 Å². The van der Waals surface area contributed by atoms with Gasteiger partial charge in [0.2, 0.25) is 0 Å². The third kappa shape index (κ3) is 2.76. The monoisotopic (exact) mass is 178 g/mol. The number of nitrogens with two attached hydrogens (primary N) is 1. The zero-order valence-electron chi connectivity index (χ0n) is 6.63. The molecule has 11 heavy (non-hydrogen) atoms. The fourth-order valence-corrected chi connectivity index (χ4v) is 1.59. The highest BCUT2D eigenvalue weighted by atomic mass is 32.2. The van der Waals surface area contributed by atoms with E-state index in [4.69, 9.17) is 5.14 Å². The third-order valence-corrected chi connectivity index (χ3v) is 2.90. The van der Waals surface area contributed by atoms with Crippen LogP contribution in [0.15, 0.2) is 0 Å². The molecule has 1 aliphatic carbocycles. The Morgan fingerprint density at radius 1 is 1.55 bits per heavy atom. The summed E-state index contributed by atoms with van der Waals surface area (Å²) >= 11 is 0. The molecule has 0 radical (unpaired) electrons. The van der Waals surface area contributed by atoms with E-state index >= 15 is 0 Å². The summed E-state index contributed by atoms with van der Waals surface area (Å²) in [6, 6.07) is 0. The molecule has 1 fully saturated rings. The second-order valence-corrected chi connectivity index (χ2v) is 4.60. The lowest BCUT2D eigenvalue weighted by molar-refractivity contribution is 0.476. The minimum absolute atomic E-state index is 0.229. The van der Waals surface area contributed by atoms with Crippen molar-refractivity contribution in [3.8, 4) is 0 Å². The van der Waals surface area contributed by atoms with Crippen LogP contribution in [0.25, 0.3) is 0 Å². The van der Waals surface area contributed by atoms with Crippen molar-refractivity contribution in [1.29, 1.82) is 0 Å². The van der Waals surface area contributed by atoms with Crippen molar-refractivity contribution in [3.05, 3.63) is 0 Å². The van der Waals surface area contributed by atoms with Gasteiger partial charge in [0.15, 0.2) is 0 Å². The first-order valence-electron chi connectivity index (χ1n) is 3.75. The minimum atomic E-state index is -3.48. The molecule has 0 aliphatic heterocycles. The van der Waals surface area contributed by atoms with Gasteiger partial charge in [-0.05, 0) is 24.7 Å². The smallest absolute Gasteiger partial charge is 0.216 e. The fourth-order valence-electron chi connectivity index (χ4n) is 1.09. The Bertz CT molecular complexity index is 231. The maximum atomic E-state index is 10.5. The Morgan fingerprint density at radius 3 is 2.36 bits per heavy atom. The highest BCUT2D eigenvalue weighted by molar-refractivity contribution is 7.87. The van der Waals surface area contributed by atoms with Crippen LogP contribution in [0, 0.1) is 5.41 Å². The van der Waals surface area contributed by atoms with Gasteiger partial charge in [0, 0.05) is 6.54 Å². The van der Waals surface area contributed by atoms with Crippen molar-refractivity contribution in [3.63, 3.8) is 0 Å². The van der Waals surface area contributed by atoms with E-state index in [9.17, 15) is 8.42 Å². The van der Waals surface area contributed by atoms with Gasteiger partial charge in [-0.2, -0.15) is 8.42 Å². The number of hydrogen-bond acceptors (Lipinski definition) is 2. The lowest BCUT2D eigenvalue weighted by Gasteiger charge is -2.10. The van der Waals surface area contributed by atoms with E-state index < -0.39 is 10.2 Å². The van der Waals surface area contributed by atoms with Crippen LogP contribution < -0.4 is 9.86 Å². The quantitative estimate of drug-likeness (QED) is 0.634. The summed E-state index contributed by atoms with van der Waals surface area (Å²) in [4.78, 5) is 0. The van der Waals surface area contributed by atoms with Gasteiger partial charge in [0.1, 0.15) is 0 Å². The molecule has 0 bridgehead atoms. The van der Waals surface area contributed by atoms with Crippen LogP contribution in [0.3, 0.4) is 0 Å². The largest absolute Gasteiger partial charge is 0.274 e. The van der Waals surface area contributed by atoms with Gasteiger partial charge < -0.3 is 0 Å². The number of rotatable bonds is 4. The number of nitrogens with one attached hydrogen (secondary N) is 1. The van der Waals surface area contributed by atoms with E-state index in [0.29, 0.717) is 6.54 Å². The summed E-state index contributed by atoms with van der Waals surface area (Å²) in [6.45, 7) is 2.57. The van der Waals surface area contributed by atoms with Crippen molar-refractivity contribution in [1.82, 2.24) is 4.72 Å². The standard InChI is InChI=1S/C6H14N2O2S/c1-2-6(3-4-6)5-8-11(7,9)10/h8H,2-5H2,1H3,(H2,7,9,10). The first kappa shape index (κ1) is 8.96. The summed E-state index contributed by atoms with van der Waals surface area (Å²) in [5, 5.41) is 4.79. The fraction of sp³-hybridized carbons (Fsp3) is 1.00. The zero-order chi connectivity index (χ0) is 8.54. The Hall–Kier alpha value is -0.130. The molecule has 4 nitrogen and oxygen atoms in total. The van der Waals surface area contributed by atoms with E-state index in [1.165, 1.54) is 0 Å². The topological polar surface area (TPSA) is 72.2 Å². The average molecular weight is 178 g/mol. The van der Waals surface area contributed by atoms with Crippen LogP contribution >= 0.6 is 0 Å². The predicted octanol–water partition coefficient (Wildman–Crippen LogP) is -0.0303. The Kier molecular flexibility index (Phi) is 2.22. The molecule has 0 atom stereocenters. The van der Waals surface area contributed by atoms with Crippen LogP contribution in [-0.2, 0) is 10.2 Å². The van der Waals surface area contributed by atoms with E-state index in [0.717, 1.165) is 19.3 Å². The van der Waals surface area contributed by atoms with Crippen LogP contribution in [0.5, 0.6) is 0 Å². The van der Waals surface area contributed by atoms with E-state index in [2.05, 4.69) is 11.6 Å².